The number of benzene rings is 4. The van der Waals surface area contributed by atoms with Gasteiger partial charge in [-0.25, -0.2) is 9.59 Å². The van der Waals surface area contributed by atoms with Crippen LogP contribution in [0.25, 0.3) is 0 Å². The maximum absolute atomic E-state index is 13.8. The van der Waals surface area contributed by atoms with Crippen LogP contribution in [0, 0.1) is 0 Å². The number of nitrogens with one attached hydrogen (secondary N) is 3. The van der Waals surface area contributed by atoms with Crippen LogP contribution in [0.2, 0.25) is 0 Å². The fourth-order valence-electron chi connectivity index (χ4n) is 6.73. The topological polar surface area (TPSA) is 124 Å². The van der Waals surface area contributed by atoms with E-state index in [4.69, 9.17) is 18.9 Å². The molecule has 3 heterocycles. The van der Waals surface area contributed by atoms with E-state index in [0.29, 0.717) is 74.6 Å². The molecule has 2 saturated heterocycles. The zero-order chi connectivity index (χ0) is 33.0. The summed E-state index contributed by atoms with van der Waals surface area (Å²) in [6.07, 6.45) is 2.35. The van der Waals surface area contributed by atoms with Crippen molar-refractivity contribution in [3.63, 3.8) is 0 Å². The molecule has 10 heteroatoms. The van der Waals surface area contributed by atoms with Gasteiger partial charge in [0, 0.05) is 31.4 Å². The van der Waals surface area contributed by atoms with Crippen LogP contribution in [0.4, 0.5) is 5.69 Å². The molecule has 3 aliphatic rings. The van der Waals surface area contributed by atoms with Crippen molar-refractivity contribution in [3.8, 4) is 11.5 Å². The molecule has 7 rings (SSSR count). The predicted molar refractivity (Wildman–Crippen MR) is 178 cm³/mol. The highest BCUT2D eigenvalue weighted by Gasteiger charge is 2.40. The third-order valence-corrected chi connectivity index (χ3v) is 9.34. The quantitative estimate of drug-likeness (QED) is 0.212. The second-order valence-corrected chi connectivity index (χ2v) is 12.3. The standard InChI is InChI=1S/C38H37N3O7/c42-34(30-11-4-5-12-31(30)36(44)48-37(15-19-39-20-16-37)27-7-2-1-3-8-27)41-29-10-6-9-28(24-29)38(17-21-40-22-18-38)47-35(43)26-13-14-32-33(23-26)46-25-45-32/h1-14,23-24,39-40H,15-22,25H2,(H,41,42). The number of carbonyl (C=O) groups excluding carboxylic acids is 3. The van der Waals surface area contributed by atoms with Gasteiger partial charge in [-0.3, -0.25) is 4.79 Å². The summed E-state index contributed by atoms with van der Waals surface area (Å²) >= 11 is 0. The van der Waals surface area contributed by atoms with Crippen LogP contribution in [-0.4, -0.2) is 50.8 Å². The minimum Gasteiger partial charge on any atom is -0.454 e. The van der Waals surface area contributed by atoms with E-state index in [1.807, 2.05) is 48.5 Å². The Morgan fingerprint density at radius 3 is 1.94 bits per heavy atom. The van der Waals surface area contributed by atoms with E-state index in [-0.39, 0.29) is 17.9 Å². The summed E-state index contributed by atoms with van der Waals surface area (Å²) in [5.41, 5.74) is 1.26. The highest BCUT2D eigenvalue weighted by Crippen LogP contribution is 2.39. The van der Waals surface area contributed by atoms with Crippen molar-refractivity contribution in [2.45, 2.75) is 36.9 Å². The zero-order valence-corrected chi connectivity index (χ0v) is 26.5. The molecule has 0 bridgehead atoms. The van der Waals surface area contributed by atoms with Gasteiger partial charge in [-0.1, -0.05) is 54.6 Å². The molecule has 10 nitrogen and oxygen atoms in total. The molecule has 4 aromatic rings. The maximum atomic E-state index is 13.8. The molecule has 3 N–H and O–H groups in total. The Labute approximate surface area is 278 Å². The lowest BCUT2D eigenvalue weighted by molar-refractivity contribution is -0.0386. The first-order valence-electron chi connectivity index (χ1n) is 16.3. The number of esters is 2. The van der Waals surface area contributed by atoms with Crippen LogP contribution in [0.3, 0.4) is 0 Å². The Bertz CT molecular complexity index is 1810. The number of anilines is 1. The number of carbonyl (C=O) groups is 3. The van der Waals surface area contributed by atoms with Gasteiger partial charge in [0.25, 0.3) is 5.91 Å². The second-order valence-electron chi connectivity index (χ2n) is 12.3. The van der Waals surface area contributed by atoms with E-state index in [1.165, 1.54) is 0 Å². The Morgan fingerprint density at radius 1 is 0.604 bits per heavy atom. The molecular weight excluding hydrogens is 610 g/mol. The van der Waals surface area contributed by atoms with Crippen molar-refractivity contribution in [2.24, 2.45) is 0 Å². The Hall–Kier alpha value is -5.19. The second kappa shape index (κ2) is 13.5. The molecule has 4 aromatic carbocycles. The van der Waals surface area contributed by atoms with Crippen LogP contribution in [0.5, 0.6) is 11.5 Å². The van der Waals surface area contributed by atoms with E-state index in [9.17, 15) is 14.4 Å². The van der Waals surface area contributed by atoms with Gasteiger partial charge in [0.15, 0.2) is 11.5 Å². The molecule has 3 aliphatic heterocycles. The highest BCUT2D eigenvalue weighted by molar-refractivity contribution is 6.11. The van der Waals surface area contributed by atoms with Gasteiger partial charge in [0.1, 0.15) is 11.2 Å². The van der Waals surface area contributed by atoms with Crippen LogP contribution >= 0.6 is 0 Å². The maximum Gasteiger partial charge on any atom is 0.339 e. The molecular formula is C38H37N3O7. The molecule has 48 heavy (non-hydrogen) atoms. The molecule has 0 radical (unpaired) electrons. The number of piperidine rings is 2. The van der Waals surface area contributed by atoms with Gasteiger partial charge in [0.05, 0.1) is 16.7 Å². The largest absolute Gasteiger partial charge is 0.454 e. The first-order valence-corrected chi connectivity index (χ1v) is 16.3. The minimum atomic E-state index is -0.915. The number of hydrogen-bond donors (Lipinski definition) is 3. The summed E-state index contributed by atoms with van der Waals surface area (Å²) in [6, 6.07) is 28.8. The normalized spacial score (nSPS) is 17.6. The SMILES string of the molecule is O=C(OC1(c2cccc(NC(=O)c3ccccc3C(=O)OC3(c4ccccc4)CCNCC3)c2)CCNCC1)c1ccc2c(c1)OCO2. The first kappa shape index (κ1) is 31.4. The lowest BCUT2D eigenvalue weighted by atomic mass is 9.84. The lowest BCUT2D eigenvalue weighted by Crippen LogP contribution is -2.43. The van der Waals surface area contributed by atoms with Gasteiger partial charge >= 0.3 is 11.9 Å². The summed E-state index contributed by atoms with van der Waals surface area (Å²) in [4.78, 5) is 41.0. The van der Waals surface area contributed by atoms with E-state index in [2.05, 4.69) is 16.0 Å². The molecule has 0 unspecified atom stereocenters. The molecule has 0 saturated carbocycles. The van der Waals surface area contributed by atoms with Crippen molar-refractivity contribution in [1.29, 1.82) is 0 Å². The summed E-state index contributed by atoms with van der Waals surface area (Å²) in [6.45, 7) is 2.84. The fourth-order valence-corrected chi connectivity index (χ4v) is 6.73. The number of ether oxygens (including phenoxy) is 4. The van der Waals surface area contributed by atoms with Gasteiger partial charge in [-0.2, -0.15) is 0 Å². The monoisotopic (exact) mass is 647 g/mol. The van der Waals surface area contributed by atoms with Crippen molar-refractivity contribution >= 4 is 23.5 Å². The Morgan fingerprint density at radius 2 is 1.21 bits per heavy atom. The Kier molecular flexibility index (Phi) is 8.84. The number of amides is 1. The zero-order valence-electron chi connectivity index (χ0n) is 26.5. The first-order chi connectivity index (χ1) is 23.4. The van der Waals surface area contributed by atoms with Crippen LogP contribution in [0.1, 0.15) is 67.9 Å². The van der Waals surface area contributed by atoms with Crippen molar-refractivity contribution in [2.75, 3.05) is 38.3 Å². The summed E-state index contributed by atoms with van der Waals surface area (Å²) in [7, 11) is 0. The molecule has 2 fully saturated rings. The highest BCUT2D eigenvalue weighted by atomic mass is 16.7. The smallest absolute Gasteiger partial charge is 0.339 e. The van der Waals surface area contributed by atoms with Gasteiger partial charge in [-0.05, 0) is 79.8 Å². The fraction of sp³-hybridized carbons (Fsp3) is 0.289. The van der Waals surface area contributed by atoms with Crippen LogP contribution in [-0.2, 0) is 20.7 Å². The molecule has 0 aromatic heterocycles. The van der Waals surface area contributed by atoms with E-state index < -0.39 is 29.0 Å². The molecule has 0 atom stereocenters. The average Bonchev–Trinajstić information content (AvgIpc) is 3.61. The molecule has 0 spiro atoms. The van der Waals surface area contributed by atoms with Gasteiger partial charge in [0.2, 0.25) is 6.79 Å². The minimum absolute atomic E-state index is 0.111. The summed E-state index contributed by atoms with van der Waals surface area (Å²) in [5, 5.41) is 9.65. The number of hydrogen-bond acceptors (Lipinski definition) is 9. The summed E-state index contributed by atoms with van der Waals surface area (Å²) in [5.74, 6) is -0.383. The van der Waals surface area contributed by atoms with Crippen molar-refractivity contribution < 1.29 is 33.3 Å². The summed E-state index contributed by atoms with van der Waals surface area (Å²) < 4.78 is 23.4. The average molecular weight is 648 g/mol. The van der Waals surface area contributed by atoms with Gasteiger partial charge in [-0.15, -0.1) is 0 Å². The number of rotatable bonds is 8. The van der Waals surface area contributed by atoms with Gasteiger partial charge < -0.3 is 34.9 Å². The number of fused-ring (bicyclic) bond motifs is 1. The molecule has 0 aliphatic carbocycles. The molecule has 1 amide bonds. The van der Waals surface area contributed by atoms with E-state index in [0.717, 1.165) is 11.1 Å². The predicted octanol–water partition coefficient (Wildman–Crippen LogP) is 5.54. The van der Waals surface area contributed by atoms with Crippen molar-refractivity contribution in [3.05, 3.63) is 125 Å². The third kappa shape index (κ3) is 6.36. The van der Waals surface area contributed by atoms with E-state index >= 15 is 0 Å². The van der Waals surface area contributed by atoms with Crippen molar-refractivity contribution in [1.82, 2.24) is 10.6 Å². The van der Waals surface area contributed by atoms with Crippen LogP contribution in [0.15, 0.2) is 97.1 Å². The lowest BCUT2D eigenvalue weighted by Gasteiger charge is -2.38. The Balaban J connectivity index is 1.11. The molecule has 246 valence electrons. The van der Waals surface area contributed by atoms with E-state index in [1.54, 1.807) is 48.5 Å². The van der Waals surface area contributed by atoms with Crippen LogP contribution < -0.4 is 25.4 Å². The third-order valence-electron chi connectivity index (χ3n) is 9.34.